The minimum Gasteiger partial charge on any atom is -0.373 e. The summed E-state index contributed by atoms with van der Waals surface area (Å²) in [6.07, 6.45) is -2.68. The molecule has 15 heavy (non-hydrogen) atoms. The highest BCUT2D eigenvalue weighted by molar-refractivity contribution is 5.41. The Kier molecular flexibility index (Phi) is 2.32. The highest BCUT2D eigenvalue weighted by Crippen LogP contribution is 2.45. The third-order valence-electron chi connectivity index (χ3n) is 2.45. The maximum atomic E-state index is 12.6. The van der Waals surface area contributed by atoms with Gasteiger partial charge in [-0.05, 0) is 25.0 Å². The van der Waals surface area contributed by atoms with E-state index in [2.05, 4.69) is 10.3 Å². The first kappa shape index (κ1) is 10.3. The average Bonchev–Trinajstić information content (AvgIpc) is 2.98. The number of alkyl halides is 3. The van der Waals surface area contributed by atoms with Gasteiger partial charge in [-0.2, -0.15) is 13.2 Å². The number of rotatable bonds is 2. The van der Waals surface area contributed by atoms with Crippen molar-refractivity contribution in [1.29, 1.82) is 0 Å². The van der Waals surface area contributed by atoms with Crippen LogP contribution in [0.4, 0.5) is 19.0 Å². The van der Waals surface area contributed by atoms with E-state index in [9.17, 15) is 13.2 Å². The zero-order chi connectivity index (χ0) is 11.1. The standard InChI is InChI=1S/C10H11F3N2/c1-14-8-5-4-7(10(11,12)13)9(15-8)6-2-3-6/h4-6H,2-3H2,1H3,(H,14,15). The van der Waals surface area contributed by atoms with E-state index in [0.717, 1.165) is 18.9 Å². The van der Waals surface area contributed by atoms with Crippen molar-refractivity contribution in [2.75, 3.05) is 12.4 Å². The Bertz CT molecular complexity index is 369. The quantitative estimate of drug-likeness (QED) is 0.821. The Morgan fingerprint density at radius 1 is 1.33 bits per heavy atom. The van der Waals surface area contributed by atoms with Crippen molar-refractivity contribution in [2.24, 2.45) is 0 Å². The summed E-state index contributed by atoms with van der Waals surface area (Å²) in [7, 11) is 1.65. The fraction of sp³-hybridized carbons (Fsp3) is 0.500. The van der Waals surface area contributed by atoms with E-state index >= 15 is 0 Å². The van der Waals surface area contributed by atoms with Crippen LogP contribution in [0.15, 0.2) is 12.1 Å². The van der Waals surface area contributed by atoms with Crippen LogP contribution in [0.5, 0.6) is 0 Å². The molecule has 1 saturated carbocycles. The molecule has 2 rings (SSSR count). The van der Waals surface area contributed by atoms with Gasteiger partial charge in [-0.3, -0.25) is 0 Å². The monoisotopic (exact) mass is 216 g/mol. The van der Waals surface area contributed by atoms with Crippen LogP contribution < -0.4 is 5.32 Å². The molecule has 1 N–H and O–H groups in total. The summed E-state index contributed by atoms with van der Waals surface area (Å²) in [6.45, 7) is 0. The van der Waals surface area contributed by atoms with E-state index in [4.69, 9.17) is 0 Å². The average molecular weight is 216 g/mol. The molecule has 0 bridgehead atoms. The fourth-order valence-corrected chi connectivity index (χ4v) is 1.52. The Morgan fingerprint density at radius 3 is 2.47 bits per heavy atom. The summed E-state index contributed by atoms with van der Waals surface area (Å²) in [4.78, 5) is 3.99. The molecule has 1 fully saturated rings. The van der Waals surface area contributed by atoms with Crippen molar-refractivity contribution in [3.63, 3.8) is 0 Å². The summed E-state index contributed by atoms with van der Waals surface area (Å²) in [5.74, 6) is 0.486. The first-order valence-electron chi connectivity index (χ1n) is 4.78. The van der Waals surface area contributed by atoms with Crippen LogP contribution in [-0.4, -0.2) is 12.0 Å². The second-order valence-electron chi connectivity index (χ2n) is 3.65. The smallest absolute Gasteiger partial charge is 0.373 e. The van der Waals surface area contributed by atoms with Crippen molar-refractivity contribution >= 4 is 5.82 Å². The molecule has 0 saturated heterocycles. The largest absolute Gasteiger partial charge is 0.418 e. The van der Waals surface area contributed by atoms with Gasteiger partial charge in [-0.1, -0.05) is 0 Å². The molecule has 1 aliphatic carbocycles. The molecule has 0 spiro atoms. The van der Waals surface area contributed by atoms with Gasteiger partial charge in [0.1, 0.15) is 5.82 Å². The predicted molar refractivity (Wildman–Crippen MR) is 50.8 cm³/mol. The van der Waals surface area contributed by atoms with Crippen LogP contribution in [0.2, 0.25) is 0 Å². The molecule has 1 aromatic heterocycles. The molecule has 0 atom stereocenters. The fourth-order valence-electron chi connectivity index (χ4n) is 1.52. The minimum atomic E-state index is -4.29. The van der Waals surface area contributed by atoms with Gasteiger partial charge in [-0.25, -0.2) is 4.98 Å². The number of pyridine rings is 1. The second-order valence-corrected chi connectivity index (χ2v) is 3.65. The first-order chi connectivity index (χ1) is 7.02. The first-order valence-corrected chi connectivity index (χ1v) is 4.78. The Hall–Kier alpha value is -1.26. The molecule has 1 aliphatic rings. The topological polar surface area (TPSA) is 24.9 Å². The van der Waals surface area contributed by atoms with Crippen LogP contribution in [0.25, 0.3) is 0 Å². The third-order valence-corrected chi connectivity index (χ3v) is 2.45. The van der Waals surface area contributed by atoms with Crippen LogP contribution in [-0.2, 0) is 6.18 Å². The molecule has 0 aliphatic heterocycles. The van der Waals surface area contributed by atoms with E-state index in [1.807, 2.05) is 0 Å². The summed E-state index contributed by atoms with van der Waals surface area (Å²) in [6, 6.07) is 2.46. The van der Waals surface area contributed by atoms with Crippen molar-refractivity contribution in [3.05, 3.63) is 23.4 Å². The van der Waals surface area contributed by atoms with Gasteiger partial charge in [0.2, 0.25) is 0 Å². The van der Waals surface area contributed by atoms with Crippen molar-refractivity contribution in [1.82, 2.24) is 4.98 Å². The molecule has 2 nitrogen and oxygen atoms in total. The normalized spacial score (nSPS) is 16.5. The van der Waals surface area contributed by atoms with Crippen LogP contribution in [0.3, 0.4) is 0 Å². The van der Waals surface area contributed by atoms with E-state index in [1.165, 1.54) is 6.07 Å². The number of anilines is 1. The Balaban J connectivity index is 2.45. The maximum Gasteiger partial charge on any atom is 0.418 e. The van der Waals surface area contributed by atoms with E-state index in [0.29, 0.717) is 5.82 Å². The van der Waals surface area contributed by atoms with Gasteiger partial charge in [-0.15, -0.1) is 0 Å². The number of hydrogen-bond donors (Lipinski definition) is 1. The molecule has 0 aromatic carbocycles. The lowest BCUT2D eigenvalue weighted by Crippen LogP contribution is -2.11. The SMILES string of the molecule is CNc1ccc(C(F)(F)F)c(C2CC2)n1. The van der Waals surface area contributed by atoms with Gasteiger partial charge < -0.3 is 5.32 Å². The van der Waals surface area contributed by atoms with E-state index in [-0.39, 0.29) is 11.6 Å². The third kappa shape index (κ3) is 2.06. The molecular formula is C10H11F3N2. The number of nitrogens with one attached hydrogen (secondary N) is 1. The highest BCUT2D eigenvalue weighted by Gasteiger charge is 2.39. The van der Waals surface area contributed by atoms with Crippen LogP contribution in [0.1, 0.15) is 30.0 Å². The number of nitrogens with zero attached hydrogens (tertiary/aromatic N) is 1. The lowest BCUT2D eigenvalue weighted by atomic mass is 10.1. The van der Waals surface area contributed by atoms with E-state index < -0.39 is 11.7 Å². The zero-order valence-corrected chi connectivity index (χ0v) is 8.23. The number of aromatic nitrogens is 1. The predicted octanol–water partition coefficient (Wildman–Crippen LogP) is 3.02. The summed E-state index contributed by atoms with van der Waals surface area (Å²) >= 11 is 0. The van der Waals surface area contributed by atoms with Crippen molar-refractivity contribution in [3.8, 4) is 0 Å². The van der Waals surface area contributed by atoms with Crippen LogP contribution >= 0.6 is 0 Å². The van der Waals surface area contributed by atoms with Crippen molar-refractivity contribution < 1.29 is 13.2 Å². The van der Waals surface area contributed by atoms with Gasteiger partial charge >= 0.3 is 6.18 Å². The minimum absolute atomic E-state index is 0.00470. The lowest BCUT2D eigenvalue weighted by molar-refractivity contribution is -0.138. The van der Waals surface area contributed by atoms with Gasteiger partial charge in [0, 0.05) is 13.0 Å². The molecule has 0 radical (unpaired) electrons. The van der Waals surface area contributed by atoms with Gasteiger partial charge in [0.15, 0.2) is 0 Å². The number of halogens is 3. The molecule has 5 heteroatoms. The van der Waals surface area contributed by atoms with Crippen molar-refractivity contribution in [2.45, 2.75) is 24.9 Å². The lowest BCUT2D eigenvalue weighted by Gasteiger charge is -2.12. The van der Waals surface area contributed by atoms with Gasteiger partial charge in [0.05, 0.1) is 11.3 Å². The molecule has 82 valence electrons. The van der Waals surface area contributed by atoms with E-state index in [1.54, 1.807) is 7.05 Å². The summed E-state index contributed by atoms with van der Waals surface area (Å²) in [5.41, 5.74) is -0.404. The summed E-state index contributed by atoms with van der Waals surface area (Å²) < 4.78 is 37.8. The highest BCUT2D eigenvalue weighted by atomic mass is 19.4. The molecular weight excluding hydrogens is 205 g/mol. The molecule has 0 unspecified atom stereocenters. The Labute approximate surface area is 85.5 Å². The molecule has 0 amide bonds. The van der Waals surface area contributed by atoms with Crippen LogP contribution in [0, 0.1) is 0 Å². The molecule has 1 heterocycles. The second kappa shape index (κ2) is 3.40. The summed E-state index contributed by atoms with van der Waals surface area (Å²) in [5, 5.41) is 2.75. The van der Waals surface area contributed by atoms with Gasteiger partial charge in [0.25, 0.3) is 0 Å². The Morgan fingerprint density at radius 2 is 2.00 bits per heavy atom. The zero-order valence-electron chi connectivity index (χ0n) is 8.23. The molecule has 1 aromatic rings. The number of hydrogen-bond acceptors (Lipinski definition) is 2. The maximum absolute atomic E-state index is 12.6.